The Morgan fingerprint density at radius 2 is 2.29 bits per heavy atom. The van der Waals surface area contributed by atoms with Gasteiger partial charge in [0.05, 0.1) is 18.7 Å². The van der Waals surface area contributed by atoms with Crippen LogP contribution in [0.2, 0.25) is 0 Å². The Labute approximate surface area is 131 Å². The summed E-state index contributed by atoms with van der Waals surface area (Å²) >= 11 is 3.38. The number of furan rings is 1. The lowest BCUT2D eigenvalue weighted by Crippen LogP contribution is -2.33. The van der Waals surface area contributed by atoms with Crippen LogP contribution in [0.4, 0.5) is 0 Å². The van der Waals surface area contributed by atoms with E-state index in [0.717, 1.165) is 10.2 Å². The van der Waals surface area contributed by atoms with Crippen LogP contribution in [0.5, 0.6) is 5.75 Å². The first-order valence-corrected chi connectivity index (χ1v) is 7.35. The molecule has 0 aliphatic heterocycles. The lowest BCUT2D eigenvalue weighted by molar-refractivity contribution is 0.0931. The third kappa shape index (κ3) is 4.61. The zero-order valence-corrected chi connectivity index (χ0v) is 13.2. The molecule has 1 heterocycles. The maximum absolute atomic E-state index is 11.9. The quantitative estimate of drug-likeness (QED) is 0.837. The van der Waals surface area contributed by atoms with Crippen LogP contribution in [-0.4, -0.2) is 18.6 Å². The van der Waals surface area contributed by atoms with E-state index in [-0.39, 0.29) is 18.6 Å². The lowest BCUT2D eigenvalue weighted by atomic mass is 10.3. The van der Waals surface area contributed by atoms with Crippen LogP contribution in [0, 0.1) is 0 Å². The SMILES string of the molecule is CC(CNC(=O)c1coc(CN)c1)Oc1cccc(Br)c1. The summed E-state index contributed by atoms with van der Waals surface area (Å²) in [5, 5.41) is 2.79. The number of carbonyl (C=O) groups is 1. The Morgan fingerprint density at radius 1 is 1.48 bits per heavy atom. The van der Waals surface area contributed by atoms with Crippen molar-refractivity contribution in [3.8, 4) is 5.75 Å². The zero-order valence-electron chi connectivity index (χ0n) is 11.6. The fourth-order valence-electron chi connectivity index (χ4n) is 1.76. The average molecular weight is 353 g/mol. The molecule has 0 fully saturated rings. The second-order valence-corrected chi connectivity index (χ2v) is 5.52. The largest absolute Gasteiger partial charge is 0.489 e. The van der Waals surface area contributed by atoms with Crippen molar-refractivity contribution >= 4 is 21.8 Å². The van der Waals surface area contributed by atoms with E-state index in [1.807, 2.05) is 31.2 Å². The highest BCUT2D eigenvalue weighted by molar-refractivity contribution is 9.10. The molecule has 1 aromatic carbocycles. The zero-order chi connectivity index (χ0) is 15.2. The molecule has 0 spiro atoms. The van der Waals surface area contributed by atoms with E-state index in [9.17, 15) is 4.79 Å². The molecule has 112 valence electrons. The first-order valence-electron chi connectivity index (χ1n) is 6.56. The van der Waals surface area contributed by atoms with E-state index >= 15 is 0 Å². The predicted molar refractivity (Wildman–Crippen MR) is 83.2 cm³/mol. The molecule has 0 aliphatic rings. The number of hydrogen-bond acceptors (Lipinski definition) is 4. The minimum atomic E-state index is -0.205. The predicted octanol–water partition coefficient (Wildman–Crippen LogP) is 2.70. The number of nitrogens with two attached hydrogens (primary N) is 1. The fraction of sp³-hybridized carbons (Fsp3) is 0.267. The molecule has 0 saturated carbocycles. The molecular weight excluding hydrogens is 336 g/mol. The van der Waals surface area contributed by atoms with Crippen LogP contribution in [0.3, 0.4) is 0 Å². The van der Waals surface area contributed by atoms with Crippen LogP contribution in [-0.2, 0) is 6.54 Å². The highest BCUT2D eigenvalue weighted by atomic mass is 79.9. The van der Waals surface area contributed by atoms with Gasteiger partial charge < -0.3 is 20.2 Å². The van der Waals surface area contributed by atoms with Gasteiger partial charge in [0.15, 0.2) is 0 Å². The smallest absolute Gasteiger partial charge is 0.254 e. The summed E-state index contributed by atoms with van der Waals surface area (Å²) in [6, 6.07) is 9.20. The van der Waals surface area contributed by atoms with Gasteiger partial charge in [0.25, 0.3) is 5.91 Å². The van der Waals surface area contributed by atoms with Gasteiger partial charge in [-0.05, 0) is 31.2 Å². The second kappa shape index (κ2) is 7.28. The van der Waals surface area contributed by atoms with Gasteiger partial charge in [0.2, 0.25) is 0 Å². The molecule has 6 heteroatoms. The van der Waals surface area contributed by atoms with Crippen molar-refractivity contribution in [3.63, 3.8) is 0 Å². The maximum atomic E-state index is 11.9. The summed E-state index contributed by atoms with van der Waals surface area (Å²) in [6.45, 7) is 2.56. The molecule has 0 bridgehead atoms. The molecule has 1 unspecified atom stereocenters. The monoisotopic (exact) mass is 352 g/mol. The molecule has 0 aliphatic carbocycles. The lowest BCUT2D eigenvalue weighted by Gasteiger charge is -2.15. The summed E-state index contributed by atoms with van der Waals surface area (Å²) < 4.78 is 11.8. The normalized spacial score (nSPS) is 12.0. The fourth-order valence-corrected chi connectivity index (χ4v) is 2.14. The summed E-state index contributed by atoms with van der Waals surface area (Å²) in [6.07, 6.45) is 1.25. The molecule has 3 N–H and O–H groups in total. The van der Waals surface area contributed by atoms with Gasteiger partial charge in [-0.2, -0.15) is 0 Å². The van der Waals surface area contributed by atoms with Crippen molar-refractivity contribution in [1.29, 1.82) is 0 Å². The molecule has 1 atom stereocenters. The molecule has 1 amide bonds. The Hall–Kier alpha value is -1.79. The summed E-state index contributed by atoms with van der Waals surface area (Å²) in [4.78, 5) is 11.9. The Kier molecular flexibility index (Phi) is 5.41. The number of nitrogens with one attached hydrogen (secondary N) is 1. The van der Waals surface area contributed by atoms with Crippen LogP contribution in [0.25, 0.3) is 0 Å². The number of amides is 1. The van der Waals surface area contributed by atoms with Crippen LogP contribution in [0.15, 0.2) is 45.5 Å². The number of benzene rings is 1. The maximum Gasteiger partial charge on any atom is 0.254 e. The van der Waals surface area contributed by atoms with Crippen molar-refractivity contribution in [3.05, 3.63) is 52.4 Å². The second-order valence-electron chi connectivity index (χ2n) is 4.60. The molecule has 21 heavy (non-hydrogen) atoms. The van der Waals surface area contributed by atoms with E-state index in [0.29, 0.717) is 17.9 Å². The Bertz CT molecular complexity index is 612. The van der Waals surface area contributed by atoms with Crippen molar-refractivity contribution in [2.24, 2.45) is 5.73 Å². The Morgan fingerprint density at radius 3 is 2.95 bits per heavy atom. The van der Waals surface area contributed by atoms with Gasteiger partial charge >= 0.3 is 0 Å². The van der Waals surface area contributed by atoms with Crippen molar-refractivity contribution < 1.29 is 13.9 Å². The van der Waals surface area contributed by atoms with Crippen LogP contribution in [0.1, 0.15) is 23.0 Å². The Balaban J connectivity index is 1.83. The van der Waals surface area contributed by atoms with E-state index in [4.69, 9.17) is 14.9 Å². The number of halogens is 1. The summed E-state index contributed by atoms with van der Waals surface area (Å²) in [5.41, 5.74) is 5.90. The van der Waals surface area contributed by atoms with Gasteiger partial charge in [0, 0.05) is 4.47 Å². The molecule has 2 rings (SSSR count). The molecule has 0 radical (unpaired) electrons. The van der Waals surface area contributed by atoms with Gasteiger partial charge in [-0.15, -0.1) is 0 Å². The number of ether oxygens (including phenoxy) is 1. The first-order chi connectivity index (χ1) is 10.1. The van der Waals surface area contributed by atoms with E-state index in [2.05, 4.69) is 21.2 Å². The average Bonchev–Trinajstić information content (AvgIpc) is 2.94. The van der Waals surface area contributed by atoms with Gasteiger partial charge in [0.1, 0.15) is 23.9 Å². The summed E-state index contributed by atoms with van der Waals surface area (Å²) in [7, 11) is 0. The van der Waals surface area contributed by atoms with Crippen molar-refractivity contribution in [2.75, 3.05) is 6.54 Å². The molecule has 0 saturated heterocycles. The first kappa shape index (κ1) is 15.6. The highest BCUT2D eigenvalue weighted by Gasteiger charge is 2.11. The topological polar surface area (TPSA) is 77.5 Å². The van der Waals surface area contributed by atoms with Gasteiger partial charge in [-0.3, -0.25) is 4.79 Å². The summed E-state index contributed by atoms with van der Waals surface area (Å²) in [5.74, 6) is 1.13. The van der Waals surface area contributed by atoms with Crippen molar-refractivity contribution in [2.45, 2.75) is 19.6 Å². The van der Waals surface area contributed by atoms with Gasteiger partial charge in [-0.1, -0.05) is 22.0 Å². The van der Waals surface area contributed by atoms with E-state index in [1.165, 1.54) is 6.26 Å². The molecular formula is C15H17BrN2O3. The minimum absolute atomic E-state index is 0.149. The number of carbonyl (C=O) groups excluding carboxylic acids is 1. The third-order valence-electron chi connectivity index (χ3n) is 2.80. The third-order valence-corrected chi connectivity index (χ3v) is 3.29. The van der Waals surface area contributed by atoms with Gasteiger partial charge in [-0.25, -0.2) is 0 Å². The standard InChI is InChI=1S/C15H17BrN2O3/c1-10(21-13-4-2-3-12(16)6-13)8-18-15(19)11-5-14(7-17)20-9-11/h2-6,9-10H,7-8,17H2,1H3,(H,18,19). The van der Waals surface area contributed by atoms with Crippen LogP contribution >= 0.6 is 15.9 Å². The highest BCUT2D eigenvalue weighted by Crippen LogP contribution is 2.18. The number of hydrogen-bond donors (Lipinski definition) is 2. The molecule has 1 aromatic heterocycles. The molecule has 2 aromatic rings. The van der Waals surface area contributed by atoms with Crippen LogP contribution < -0.4 is 15.8 Å². The minimum Gasteiger partial charge on any atom is -0.489 e. The number of rotatable bonds is 6. The van der Waals surface area contributed by atoms with Crippen molar-refractivity contribution in [1.82, 2.24) is 5.32 Å². The van der Waals surface area contributed by atoms with E-state index < -0.39 is 0 Å². The van der Waals surface area contributed by atoms with E-state index in [1.54, 1.807) is 6.07 Å². The molecule has 5 nitrogen and oxygen atoms in total.